The van der Waals surface area contributed by atoms with E-state index in [1.807, 2.05) is 0 Å². The lowest BCUT2D eigenvalue weighted by Crippen LogP contribution is -2.32. The first kappa shape index (κ1) is 19.9. The van der Waals surface area contributed by atoms with Crippen molar-refractivity contribution in [2.75, 3.05) is 18.4 Å². The molecular formula is C20H20F3N3O2. The molecule has 1 fully saturated rings. The SMILES string of the molecule is O=C(Nc1cccc(C(F)(F)F)c1)c1cccc(C(=O)N2CCCCCC2)n1. The van der Waals surface area contributed by atoms with Crippen LogP contribution in [0.4, 0.5) is 18.9 Å². The van der Waals surface area contributed by atoms with Gasteiger partial charge in [0.15, 0.2) is 0 Å². The van der Waals surface area contributed by atoms with E-state index in [0.29, 0.717) is 13.1 Å². The maximum absolute atomic E-state index is 12.8. The predicted molar refractivity (Wildman–Crippen MR) is 98.0 cm³/mol. The maximum Gasteiger partial charge on any atom is 0.416 e. The number of likely N-dealkylation sites (tertiary alicyclic amines) is 1. The van der Waals surface area contributed by atoms with Crippen LogP contribution in [0.2, 0.25) is 0 Å². The topological polar surface area (TPSA) is 62.3 Å². The molecule has 1 aliphatic heterocycles. The van der Waals surface area contributed by atoms with E-state index in [2.05, 4.69) is 10.3 Å². The van der Waals surface area contributed by atoms with Crippen LogP contribution >= 0.6 is 0 Å². The summed E-state index contributed by atoms with van der Waals surface area (Å²) >= 11 is 0. The fourth-order valence-electron chi connectivity index (χ4n) is 3.08. The van der Waals surface area contributed by atoms with E-state index >= 15 is 0 Å². The van der Waals surface area contributed by atoms with Crippen LogP contribution in [0.25, 0.3) is 0 Å². The largest absolute Gasteiger partial charge is 0.416 e. The molecule has 0 atom stereocenters. The molecule has 0 aliphatic carbocycles. The third-order valence-corrected chi connectivity index (χ3v) is 4.54. The highest BCUT2D eigenvalue weighted by molar-refractivity contribution is 6.03. The van der Waals surface area contributed by atoms with Gasteiger partial charge in [0.25, 0.3) is 11.8 Å². The Hall–Kier alpha value is -2.90. The maximum atomic E-state index is 12.8. The average Bonchev–Trinajstić information content (AvgIpc) is 2.96. The predicted octanol–water partition coefficient (Wildman–Crippen LogP) is 4.37. The summed E-state index contributed by atoms with van der Waals surface area (Å²) in [4.78, 5) is 30.9. The van der Waals surface area contributed by atoms with E-state index in [4.69, 9.17) is 0 Å². The molecule has 148 valence electrons. The van der Waals surface area contributed by atoms with Crippen LogP contribution in [0.5, 0.6) is 0 Å². The van der Waals surface area contributed by atoms with E-state index in [9.17, 15) is 22.8 Å². The highest BCUT2D eigenvalue weighted by Crippen LogP contribution is 2.30. The first-order chi connectivity index (χ1) is 13.3. The van der Waals surface area contributed by atoms with Gasteiger partial charge in [-0.05, 0) is 43.2 Å². The zero-order valence-corrected chi connectivity index (χ0v) is 15.1. The van der Waals surface area contributed by atoms with E-state index in [0.717, 1.165) is 37.8 Å². The summed E-state index contributed by atoms with van der Waals surface area (Å²) in [6.07, 6.45) is -0.477. The number of hydrogen-bond acceptors (Lipinski definition) is 3. The van der Waals surface area contributed by atoms with Gasteiger partial charge in [-0.15, -0.1) is 0 Å². The number of benzene rings is 1. The van der Waals surface area contributed by atoms with Crippen LogP contribution in [-0.4, -0.2) is 34.8 Å². The first-order valence-electron chi connectivity index (χ1n) is 9.09. The summed E-state index contributed by atoms with van der Waals surface area (Å²) in [7, 11) is 0. The van der Waals surface area contributed by atoms with Gasteiger partial charge >= 0.3 is 6.18 Å². The van der Waals surface area contributed by atoms with Crippen molar-refractivity contribution in [2.24, 2.45) is 0 Å². The molecule has 2 amide bonds. The third-order valence-electron chi connectivity index (χ3n) is 4.54. The summed E-state index contributed by atoms with van der Waals surface area (Å²) < 4.78 is 38.4. The molecule has 0 saturated carbocycles. The van der Waals surface area contributed by atoms with Gasteiger partial charge in [-0.2, -0.15) is 13.2 Å². The molecule has 3 rings (SSSR count). The molecule has 1 aliphatic rings. The van der Waals surface area contributed by atoms with E-state index in [-0.39, 0.29) is 23.0 Å². The summed E-state index contributed by atoms with van der Waals surface area (Å²) in [5.41, 5.74) is -0.731. The van der Waals surface area contributed by atoms with Crippen LogP contribution in [0.15, 0.2) is 42.5 Å². The molecule has 5 nitrogen and oxygen atoms in total. The van der Waals surface area contributed by atoms with Gasteiger partial charge in [-0.3, -0.25) is 9.59 Å². The Morgan fingerprint density at radius 1 is 0.929 bits per heavy atom. The average molecular weight is 391 g/mol. The second-order valence-electron chi connectivity index (χ2n) is 6.65. The Morgan fingerprint density at radius 3 is 2.25 bits per heavy atom. The first-order valence-corrected chi connectivity index (χ1v) is 9.09. The van der Waals surface area contributed by atoms with Gasteiger partial charge in [-0.25, -0.2) is 4.98 Å². The normalized spacial score (nSPS) is 15.0. The minimum atomic E-state index is -4.50. The summed E-state index contributed by atoms with van der Waals surface area (Å²) in [6.45, 7) is 1.31. The van der Waals surface area contributed by atoms with Crippen LogP contribution in [-0.2, 0) is 6.18 Å². The van der Waals surface area contributed by atoms with Crippen molar-refractivity contribution >= 4 is 17.5 Å². The van der Waals surface area contributed by atoms with E-state index in [1.165, 1.54) is 24.3 Å². The monoisotopic (exact) mass is 391 g/mol. The van der Waals surface area contributed by atoms with Crippen molar-refractivity contribution in [1.82, 2.24) is 9.88 Å². The highest BCUT2D eigenvalue weighted by Gasteiger charge is 2.30. The van der Waals surface area contributed by atoms with Crippen molar-refractivity contribution in [2.45, 2.75) is 31.9 Å². The number of hydrogen-bond donors (Lipinski definition) is 1. The molecule has 2 aromatic rings. The minimum Gasteiger partial charge on any atom is -0.337 e. The van der Waals surface area contributed by atoms with Gasteiger partial charge in [-0.1, -0.05) is 25.0 Å². The van der Waals surface area contributed by atoms with Crippen LogP contribution in [0.3, 0.4) is 0 Å². The molecule has 2 heterocycles. The Balaban J connectivity index is 1.74. The third kappa shape index (κ3) is 4.88. The number of nitrogens with one attached hydrogen (secondary N) is 1. The zero-order valence-electron chi connectivity index (χ0n) is 15.1. The molecule has 8 heteroatoms. The van der Waals surface area contributed by atoms with Gasteiger partial charge in [0.2, 0.25) is 0 Å². The van der Waals surface area contributed by atoms with Crippen molar-refractivity contribution in [1.29, 1.82) is 0 Å². The number of anilines is 1. The quantitative estimate of drug-likeness (QED) is 0.845. The van der Waals surface area contributed by atoms with Crippen molar-refractivity contribution in [3.05, 3.63) is 59.4 Å². The molecule has 0 unspecified atom stereocenters. The smallest absolute Gasteiger partial charge is 0.337 e. The van der Waals surface area contributed by atoms with Gasteiger partial charge in [0, 0.05) is 18.8 Å². The number of aromatic nitrogens is 1. The van der Waals surface area contributed by atoms with Crippen LogP contribution in [0.1, 0.15) is 52.2 Å². The summed E-state index contributed by atoms with van der Waals surface area (Å²) in [5.74, 6) is -0.916. The number of amides is 2. The number of carbonyl (C=O) groups is 2. The fourth-order valence-corrected chi connectivity index (χ4v) is 3.08. The summed E-state index contributed by atoms with van der Waals surface area (Å²) in [5, 5.41) is 2.40. The zero-order chi connectivity index (χ0) is 20.1. The standard InChI is InChI=1S/C20H20F3N3O2/c21-20(22,23)14-7-5-8-15(13-14)24-18(27)16-9-6-10-17(25-16)19(28)26-11-3-1-2-4-12-26/h5-10,13H,1-4,11-12H2,(H,24,27). The van der Waals surface area contributed by atoms with Crippen LogP contribution in [0, 0.1) is 0 Å². The molecule has 0 spiro atoms. The minimum absolute atomic E-state index is 0.00544. The number of pyridine rings is 1. The Kier molecular flexibility index (Phi) is 5.96. The molecule has 1 N–H and O–H groups in total. The fraction of sp³-hybridized carbons (Fsp3) is 0.350. The van der Waals surface area contributed by atoms with Crippen LogP contribution < -0.4 is 5.32 Å². The molecule has 0 radical (unpaired) electrons. The Morgan fingerprint density at radius 2 is 1.57 bits per heavy atom. The molecule has 0 bridgehead atoms. The second kappa shape index (κ2) is 8.41. The van der Waals surface area contributed by atoms with Crippen molar-refractivity contribution < 1.29 is 22.8 Å². The van der Waals surface area contributed by atoms with E-state index < -0.39 is 17.6 Å². The molecule has 1 saturated heterocycles. The lowest BCUT2D eigenvalue weighted by atomic mass is 10.2. The van der Waals surface area contributed by atoms with Gasteiger partial charge < -0.3 is 10.2 Å². The summed E-state index contributed by atoms with van der Waals surface area (Å²) in [6, 6.07) is 8.85. The molecular weight excluding hydrogens is 371 g/mol. The number of rotatable bonds is 3. The second-order valence-corrected chi connectivity index (χ2v) is 6.65. The number of alkyl halides is 3. The lowest BCUT2D eigenvalue weighted by Gasteiger charge is -2.19. The highest BCUT2D eigenvalue weighted by atomic mass is 19.4. The number of nitrogens with zero attached hydrogens (tertiary/aromatic N) is 2. The number of halogens is 3. The Labute approximate surface area is 160 Å². The number of carbonyl (C=O) groups excluding carboxylic acids is 2. The van der Waals surface area contributed by atoms with Crippen molar-refractivity contribution in [3.63, 3.8) is 0 Å². The van der Waals surface area contributed by atoms with Gasteiger partial charge in [0.1, 0.15) is 11.4 Å². The lowest BCUT2D eigenvalue weighted by molar-refractivity contribution is -0.137. The van der Waals surface area contributed by atoms with Gasteiger partial charge in [0.05, 0.1) is 5.56 Å². The Bertz CT molecular complexity index is 860. The van der Waals surface area contributed by atoms with Crippen molar-refractivity contribution in [3.8, 4) is 0 Å². The van der Waals surface area contributed by atoms with E-state index in [1.54, 1.807) is 11.0 Å². The molecule has 1 aromatic heterocycles. The molecule has 1 aromatic carbocycles. The molecule has 28 heavy (non-hydrogen) atoms.